The molecule has 1 aliphatic rings. The van der Waals surface area contributed by atoms with Gasteiger partial charge in [-0.3, -0.25) is 4.79 Å². The fraction of sp³-hybridized carbons (Fsp3) is 0.320. The first-order valence-corrected chi connectivity index (χ1v) is 11.2. The first kappa shape index (κ1) is 21.2. The zero-order chi connectivity index (χ0) is 22.0. The number of fused-ring (bicyclic) bond motifs is 1. The smallest absolute Gasteiger partial charge is 0.261 e. The molecule has 6 heteroatoms. The van der Waals surface area contributed by atoms with E-state index in [1.807, 2.05) is 53.6 Å². The number of carbonyl (C=O) groups excluding carboxylic acids is 1. The fourth-order valence-corrected chi connectivity index (χ4v) is 4.85. The van der Waals surface area contributed by atoms with Gasteiger partial charge in [0.25, 0.3) is 5.91 Å². The van der Waals surface area contributed by atoms with Crippen LogP contribution in [0.2, 0.25) is 0 Å². The SMILES string of the molecule is COc1cc2c(cc1OC)[C@@H](c1cccs1)N(C(=O)COc1ccc(C)c(C)c1)CC2. The van der Waals surface area contributed by atoms with Crippen LogP contribution >= 0.6 is 11.3 Å². The van der Waals surface area contributed by atoms with Crippen LogP contribution in [0.15, 0.2) is 47.8 Å². The highest BCUT2D eigenvalue weighted by molar-refractivity contribution is 7.10. The molecule has 1 atom stereocenters. The van der Waals surface area contributed by atoms with Gasteiger partial charge < -0.3 is 19.1 Å². The summed E-state index contributed by atoms with van der Waals surface area (Å²) in [4.78, 5) is 16.3. The zero-order valence-corrected chi connectivity index (χ0v) is 19.1. The highest BCUT2D eigenvalue weighted by atomic mass is 32.1. The standard InChI is InChI=1S/C25H27NO4S/c1-16-7-8-19(12-17(16)2)30-15-24(27)26-10-9-18-13-21(28-3)22(29-4)14-20(18)25(26)23-6-5-11-31-23/h5-8,11-14,25H,9-10,15H2,1-4H3/t25-/m0/s1. The van der Waals surface area contributed by atoms with Gasteiger partial charge in [0.05, 0.1) is 20.3 Å². The summed E-state index contributed by atoms with van der Waals surface area (Å²) in [5, 5.41) is 2.04. The maximum atomic E-state index is 13.3. The van der Waals surface area contributed by atoms with E-state index in [0.717, 1.165) is 22.4 Å². The van der Waals surface area contributed by atoms with E-state index in [1.54, 1.807) is 25.6 Å². The summed E-state index contributed by atoms with van der Waals surface area (Å²) in [5.41, 5.74) is 4.60. The molecule has 3 aromatic rings. The van der Waals surface area contributed by atoms with Gasteiger partial charge >= 0.3 is 0 Å². The van der Waals surface area contributed by atoms with E-state index in [0.29, 0.717) is 23.8 Å². The Bertz CT molecular complexity index is 1080. The van der Waals surface area contributed by atoms with Gasteiger partial charge in [-0.05, 0) is 78.2 Å². The summed E-state index contributed by atoms with van der Waals surface area (Å²) >= 11 is 1.65. The maximum absolute atomic E-state index is 13.3. The van der Waals surface area contributed by atoms with Crippen molar-refractivity contribution in [2.45, 2.75) is 26.3 Å². The number of hydrogen-bond donors (Lipinski definition) is 0. The van der Waals surface area contributed by atoms with Gasteiger partial charge in [0.2, 0.25) is 0 Å². The number of aryl methyl sites for hydroxylation is 2. The molecule has 0 saturated heterocycles. The van der Waals surface area contributed by atoms with Crippen molar-refractivity contribution in [2.75, 3.05) is 27.4 Å². The molecule has 0 N–H and O–H groups in total. The number of nitrogens with zero attached hydrogens (tertiary/aromatic N) is 1. The molecule has 0 radical (unpaired) electrons. The van der Waals surface area contributed by atoms with Crippen LogP contribution in [-0.2, 0) is 11.2 Å². The van der Waals surface area contributed by atoms with Crippen LogP contribution in [0, 0.1) is 13.8 Å². The molecule has 0 aliphatic carbocycles. The Hall–Kier alpha value is -2.99. The summed E-state index contributed by atoms with van der Waals surface area (Å²) in [6, 6.07) is 13.9. The molecule has 2 aromatic carbocycles. The van der Waals surface area contributed by atoms with E-state index in [-0.39, 0.29) is 18.6 Å². The number of thiophene rings is 1. The van der Waals surface area contributed by atoms with E-state index in [1.165, 1.54) is 11.1 Å². The third-order valence-electron chi connectivity index (χ3n) is 5.85. The van der Waals surface area contributed by atoms with Crippen LogP contribution in [0.1, 0.15) is 33.2 Å². The Morgan fingerprint density at radius 2 is 1.84 bits per heavy atom. The molecule has 0 fully saturated rings. The summed E-state index contributed by atoms with van der Waals surface area (Å²) in [6.45, 7) is 4.73. The van der Waals surface area contributed by atoms with Gasteiger partial charge in [0, 0.05) is 11.4 Å². The second-order valence-electron chi connectivity index (χ2n) is 7.70. The number of carbonyl (C=O) groups is 1. The minimum absolute atomic E-state index is 0.00694. The molecule has 1 aliphatic heterocycles. The number of rotatable bonds is 6. The lowest BCUT2D eigenvalue weighted by atomic mass is 9.90. The van der Waals surface area contributed by atoms with Gasteiger partial charge in [-0.25, -0.2) is 0 Å². The van der Waals surface area contributed by atoms with Crippen molar-refractivity contribution in [2.24, 2.45) is 0 Å². The lowest BCUT2D eigenvalue weighted by Crippen LogP contribution is -2.42. The monoisotopic (exact) mass is 437 g/mol. The Labute approximate surface area is 187 Å². The minimum atomic E-state index is -0.167. The lowest BCUT2D eigenvalue weighted by Gasteiger charge is -2.37. The van der Waals surface area contributed by atoms with Crippen molar-refractivity contribution in [3.8, 4) is 17.2 Å². The second-order valence-corrected chi connectivity index (χ2v) is 8.68. The van der Waals surface area contributed by atoms with E-state index < -0.39 is 0 Å². The zero-order valence-electron chi connectivity index (χ0n) is 18.3. The average Bonchev–Trinajstić information content (AvgIpc) is 3.32. The maximum Gasteiger partial charge on any atom is 0.261 e. The summed E-state index contributed by atoms with van der Waals surface area (Å²) in [6.07, 6.45) is 0.757. The molecular formula is C25H27NO4S. The van der Waals surface area contributed by atoms with Crippen molar-refractivity contribution in [3.63, 3.8) is 0 Å². The lowest BCUT2D eigenvalue weighted by molar-refractivity contribution is -0.135. The quantitative estimate of drug-likeness (QED) is 0.548. The van der Waals surface area contributed by atoms with E-state index in [2.05, 4.69) is 13.0 Å². The normalized spacial score (nSPS) is 15.4. The molecule has 162 valence electrons. The van der Waals surface area contributed by atoms with Gasteiger partial charge in [-0.1, -0.05) is 12.1 Å². The van der Waals surface area contributed by atoms with Gasteiger partial charge in [-0.15, -0.1) is 11.3 Å². The highest BCUT2D eigenvalue weighted by Crippen LogP contribution is 2.42. The second kappa shape index (κ2) is 9.02. The van der Waals surface area contributed by atoms with Gasteiger partial charge in [-0.2, -0.15) is 0 Å². The molecule has 2 heterocycles. The van der Waals surface area contributed by atoms with Crippen LogP contribution in [0.4, 0.5) is 0 Å². The number of amides is 1. The van der Waals surface area contributed by atoms with Crippen LogP contribution in [0.3, 0.4) is 0 Å². The molecular weight excluding hydrogens is 410 g/mol. The predicted molar refractivity (Wildman–Crippen MR) is 123 cm³/mol. The summed E-state index contributed by atoms with van der Waals surface area (Å²) < 4.78 is 16.9. The summed E-state index contributed by atoms with van der Waals surface area (Å²) in [5.74, 6) is 2.07. The molecule has 0 unspecified atom stereocenters. The topological polar surface area (TPSA) is 48.0 Å². The molecule has 5 nitrogen and oxygen atoms in total. The van der Waals surface area contributed by atoms with Crippen LogP contribution < -0.4 is 14.2 Å². The van der Waals surface area contributed by atoms with Gasteiger partial charge in [0.1, 0.15) is 5.75 Å². The number of hydrogen-bond acceptors (Lipinski definition) is 5. The number of benzene rings is 2. The van der Waals surface area contributed by atoms with Crippen molar-refractivity contribution >= 4 is 17.2 Å². The molecule has 31 heavy (non-hydrogen) atoms. The fourth-order valence-electron chi connectivity index (χ4n) is 4.00. The van der Waals surface area contributed by atoms with Crippen LogP contribution in [0.5, 0.6) is 17.2 Å². The van der Waals surface area contributed by atoms with E-state index in [9.17, 15) is 4.79 Å². The molecule has 1 amide bonds. The minimum Gasteiger partial charge on any atom is -0.493 e. The predicted octanol–water partition coefficient (Wildman–Crippen LogP) is 4.94. The van der Waals surface area contributed by atoms with Gasteiger partial charge in [0.15, 0.2) is 18.1 Å². The van der Waals surface area contributed by atoms with Crippen LogP contribution in [-0.4, -0.2) is 38.2 Å². The third-order valence-corrected chi connectivity index (χ3v) is 6.77. The van der Waals surface area contributed by atoms with E-state index >= 15 is 0 Å². The molecule has 0 bridgehead atoms. The van der Waals surface area contributed by atoms with E-state index in [4.69, 9.17) is 14.2 Å². The van der Waals surface area contributed by atoms with Crippen molar-refractivity contribution in [1.29, 1.82) is 0 Å². The van der Waals surface area contributed by atoms with Crippen LogP contribution in [0.25, 0.3) is 0 Å². The number of methoxy groups -OCH3 is 2. The molecule has 4 rings (SSSR count). The Kier molecular flexibility index (Phi) is 6.18. The third kappa shape index (κ3) is 4.26. The van der Waals surface area contributed by atoms with Crippen molar-refractivity contribution in [3.05, 3.63) is 75.0 Å². The summed E-state index contributed by atoms with van der Waals surface area (Å²) in [7, 11) is 3.28. The van der Waals surface area contributed by atoms with Crippen molar-refractivity contribution < 1.29 is 19.0 Å². The molecule has 0 saturated carbocycles. The Balaban J connectivity index is 1.63. The van der Waals surface area contributed by atoms with Crippen molar-refractivity contribution in [1.82, 2.24) is 4.90 Å². The highest BCUT2D eigenvalue weighted by Gasteiger charge is 2.34. The molecule has 1 aromatic heterocycles. The molecule has 0 spiro atoms. The Morgan fingerprint density at radius 1 is 1.06 bits per heavy atom. The Morgan fingerprint density at radius 3 is 2.52 bits per heavy atom. The largest absolute Gasteiger partial charge is 0.493 e. The first-order chi connectivity index (χ1) is 15.0. The number of ether oxygens (including phenoxy) is 3. The average molecular weight is 438 g/mol. The first-order valence-electron chi connectivity index (χ1n) is 10.3.